The van der Waals surface area contributed by atoms with Gasteiger partial charge in [-0.25, -0.2) is 4.79 Å². The second kappa shape index (κ2) is 6.90. The Morgan fingerprint density at radius 3 is 2.80 bits per heavy atom. The van der Waals surface area contributed by atoms with Gasteiger partial charge in [-0.3, -0.25) is 0 Å². The highest BCUT2D eigenvalue weighted by Gasteiger charge is 2.26. The first-order valence-corrected chi connectivity index (χ1v) is 7.80. The van der Waals surface area contributed by atoms with Crippen LogP contribution in [0.2, 0.25) is 0 Å². The standard InChI is InChI=1S/C18H20N2O5/c1-18(22,12-7-8-15-16(9-12)25-11-24-15)10-19-17(21)20-13-5-3-4-6-14(13)23-2/h3-9,22H,10-11H2,1-2H3,(H2,19,20,21)/t18-/m0/s1. The molecule has 25 heavy (non-hydrogen) atoms. The van der Waals surface area contributed by atoms with Crippen molar-refractivity contribution in [1.82, 2.24) is 5.32 Å². The summed E-state index contributed by atoms with van der Waals surface area (Å²) in [6.07, 6.45) is 0. The maximum atomic E-state index is 12.1. The fourth-order valence-electron chi connectivity index (χ4n) is 2.50. The first kappa shape index (κ1) is 16.9. The molecule has 0 saturated carbocycles. The molecule has 0 bridgehead atoms. The van der Waals surface area contributed by atoms with E-state index in [1.807, 2.05) is 6.07 Å². The largest absolute Gasteiger partial charge is 0.495 e. The molecular weight excluding hydrogens is 324 g/mol. The van der Waals surface area contributed by atoms with E-state index in [0.29, 0.717) is 28.5 Å². The number of carbonyl (C=O) groups is 1. The van der Waals surface area contributed by atoms with Gasteiger partial charge < -0.3 is 30.0 Å². The lowest BCUT2D eigenvalue weighted by Crippen LogP contribution is -2.40. The molecule has 0 aliphatic carbocycles. The van der Waals surface area contributed by atoms with Crippen LogP contribution in [0.5, 0.6) is 17.2 Å². The van der Waals surface area contributed by atoms with Crippen LogP contribution in [-0.4, -0.2) is 31.6 Å². The Morgan fingerprint density at radius 1 is 1.24 bits per heavy atom. The number of hydrogen-bond donors (Lipinski definition) is 3. The van der Waals surface area contributed by atoms with Crippen LogP contribution in [0, 0.1) is 0 Å². The number of rotatable bonds is 5. The average Bonchev–Trinajstić information content (AvgIpc) is 3.08. The molecule has 3 rings (SSSR count). The van der Waals surface area contributed by atoms with E-state index in [0.717, 1.165) is 0 Å². The summed E-state index contributed by atoms with van der Waals surface area (Å²) < 4.78 is 15.8. The van der Waals surface area contributed by atoms with Gasteiger partial charge in [-0.2, -0.15) is 0 Å². The van der Waals surface area contributed by atoms with E-state index < -0.39 is 11.6 Å². The molecular formula is C18H20N2O5. The van der Waals surface area contributed by atoms with Crippen molar-refractivity contribution < 1.29 is 24.1 Å². The van der Waals surface area contributed by atoms with Crippen molar-refractivity contribution in [2.45, 2.75) is 12.5 Å². The summed E-state index contributed by atoms with van der Waals surface area (Å²) in [5.74, 6) is 1.78. The molecule has 1 heterocycles. The van der Waals surface area contributed by atoms with Crippen molar-refractivity contribution in [2.75, 3.05) is 25.8 Å². The number of fused-ring (bicyclic) bond motifs is 1. The Balaban J connectivity index is 1.62. The normalized spacial score (nSPS) is 14.5. The fraction of sp³-hybridized carbons (Fsp3) is 0.278. The number of methoxy groups -OCH3 is 1. The third kappa shape index (κ3) is 3.77. The van der Waals surface area contributed by atoms with E-state index in [-0.39, 0.29) is 13.3 Å². The predicted octanol–water partition coefficient (Wildman–Crippen LogP) is 2.45. The lowest BCUT2D eigenvalue weighted by Gasteiger charge is -2.24. The quantitative estimate of drug-likeness (QED) is 0.775. The molecule has 0 spiro atoms. The molecule has 132 valence electrons. The van der Waals surface area contributed by atoms with Crippen LogP contribution in [-0.2, 0) is 5.60 Å². The molecule has 0 saturated heterocycles. The third-order valence-corrected chi connectivity index (χ3v) is 3.94. The minimum Gasteiger partial charge on any atom is -0.495 e. The first-order chi connectivity index (χ1) is 12.0. The van der Waals surface area contributed by atoms with Crippen LogP contribution in [0.25, 0.3) is 0 Å². The van der Waals surface area contributed by atoms with Crippen LogP contribution < -0.4 is 24.8 Å². The number of benzene rings is 2. The van der Waals surface area contributed by atoms with Gasteiger partial charge >= 0.3 is 6.03 Å². The molecule has 2 amide bonds. The van der Waals surface area contributed by atoms with Gasteiger partial charge in [0.2, 0.25) is 6.79 Å². The van der Waals surface area contributed by atoms with Gasteiger partial charge in [-0.05, 0) is 36.8 Å². The number of carbonyl (C=O) groups excluding carboxylic acids is 1. The Bertz CT molecular complexity index is 776. The number of aliphatic hydroxyl groups is 1. The third-order valence-electron chi connectivity index (χ3n) is 3.94. The maximum Gasteiger partial charge on any atom is 0.319 e. The number of urea groups is 1. The van der Waals surface area contributed by atoms with Crippen molar-refractivity contribution >= 4 is 11.7 Å². The second-order valence-corrected chi connectivity index (χ2v) is 5.85. The van der Waals surface area contributed by atoms with Crippen LogP contribution in [0.1, 0.15) is 12.5 Å². The Morgan fingerprint density at radius 2 is 2.00 bits per heavy atom. The summed E-state index contributed by atoms with van der Waals surface area (Å²) in [7, 11) is 1.53. The van der Waals surface area contributed by atoms with Gasteiger partial charge in [0, 0.05) is 0 Å². The highest BCUT2D eigenvalue weighted by atomic mass is 16.7. The minimum absolute atomic E-state index is 0.0215. The van der Waals surface area contributed by atoms with Gasteiger partial charge in [0.25, 0.3) is 0 Å². The molecule has 2 aromatic carbocycles. The lowest BCUT2D eigenvalue weighted by molar-refractivity contribution is 0.0597. The second-order valence-electron chi connectivity index (χ2n) is 5.85. The zero-order valence-electron chi connectivity index (χ0n) is 14.0. The molecule has 1 aliphatic rings. The molecule has 1 atom stereocenters. The zero-order chi connectivity index (χ0) is 17.9. The van der Waals surface area contributed by atoms with Crippen LogP contribution >= 0.6 is 0 Å². The summed E-state index contributed by atoms with van der Waals surface area (Å²) >= 11 is 0. The van der Waals surface area contributed by atoms with Crippen molar-refractivity contribution in [3.8, 4) is 17.2 Å². The average molecular weight is 344 g/mol. The van der Waals surface area contributed by atoms with E-state index in [9.17, 15) is 9.90 Å². The van der Waals surface area contributed by atoms with E-state index in [1.165, 1.54) is 7.11 Å². The van der Waals surface area contributed by atoms with E-state index in [1.54, 1.807) is 43.3 Å². The fourth-order valence-corrected chi connectivity index (χ4v) is 2.50. The molecule has 0 radical (unpaired) electrons. The van der Waals surface area contributed by atoms with Crippen molar-refractivity contribution in [1.29, 1.82) is 0 Å². The zero-order valence-corrected chi connectivity index (χ0v) is 14.0. The number of hydrogen-bond acceptors (Lipinski definition) is 5. The van der Waals surface area contributed by atoms with Crippen LogP contribution in [0.3, 0.4) is 0 Å². The van der Waals surface area contributed by atoms with Crippen molar-refractivity contribution in [3.05, 3.63) is 48.0 Å². The summed E-state index contributed by atoms with van der Waals surface area (Å²) in [4.78, 5) is 12.1. The minimum atomic E-state index is -1.26. The molecule has 1 aliphatic heterocycles. The van der Waals surface area contributed by atoms with Gasteiger partial charge in [-0.15, -0.1) is 0 Å². The summed E-state index contributed by atoms with van der Waals surface area (Å²) in [5.41, 5.74) is -0.0985. The van der Waals surface area contributed by atoms with Gasteiger partial charge in [-0.1, -0.05) is 18.2 Å². The van der Waals surface area contributed by atoms with Gasteiger partial charge in [0.05, 0.1) is 19.3 Å². The molecule has 2 aromatic rings. The SMILES string of the molecule is COc1ccccc1NC(=O)NC[C@](C)(O)c1ccc2c(c1)OCO2. The monoisotopic (exact) mass is 344 g/mol. The molecule has 0 unspecified atom stereocenters. The Hall–Kier alpha value is -2.93. The van der Waals surface area contributed by atoms with E-state index >= 15 is 0 Å². The van der Waals surface area contributed by atoms with Crippen LogP contribution in [0.4, 0.5) is 10.5 Å². The molecule has 7 heteroatoms. The van der Waals surface area contributed by atoms with Crippen molar-refractivity contribution in [3.63, 3.8) is 0 Å². The maximum absolute atomic E-state index is 12.1. The van der Waals surface area contributed by atoms with E-state index in [4.69, 9.17) is 14.2 Å². The summed E-state index contributed by atoms with van der Waals surface area (Å²) in [6, 6.07) is 11.8. The van der Waals surface area contributed by atoms with Gasteiger partial charge in [0.1, 0.15) is 11.4 Å². The number of para-hydroxylation sites is 2. The molecule has 7 nitrogen and oxygen atoms in total. The summed E-state index contributed by atoms with van der Waals surface area (Å²) in [5, 5.41) is 16.0. The first-order valence-electron chi connectivity index (χ1n) is 7.80. The smallest absolute Gasteiger partial charge is 0.319 e. The highest BCUT2D eigenvalue weighted by molar-refractivity contribution is 5.90. The summed E-state index contributed by atoms with van der Waals surface area (Å²) in [6.45, 7) is 1.81. The number of anilines is 1. The van der Waals surface area contributed by atoms with Crippen LogP contribution in [0.15, 0.2) is 42.5 Å². The van der Waals surface area contributed by atoms with E-state index in [2.05, 4.69) is 10.6 Å². The number of ether oxygens (including phenoxy) is 3. The molecule has 3 N–H and O–H groups in total. The Kier molecular flexibility index (Phi) is 4.67. The van der Waals surface area contributed by atoms with Crippen molar-refractivity contribution in [2.24, 2.45) is 0 Å². The Labute approximate surface area is 145 Å². The number of nitrogens with one attached hydrogen (secondary N) is 2. The molecule has 0 fully saturated rings. The number of amides is 2. The topological polar surface area (TPSA) is 89.1 Å². The lowest BCUT2D eigenvalue weighted by atomic mass is 9.95. The molecule has 0 aromatic heterocycles. The predicted molar refractivity (Wildman–Crippen MR) is 92.2 cm³/mol. The highest BCUT2D eigenvalue weighted by Crippen LogP contribution is 2.35. The van der Waals surface area contributed by atoms with Gasteiger partial charge in [0.15, 0.2) is 11.5 Å².